The van der Waals surface area contributed by atoms with Crippen molar-refractivity contribution in [3.8, 4) is 11.3 Å². The van der Waals surface area contributed by atoms with E-state index in [2.05, 4.69) is 4.99 Å². The van der Waals surface area contributed by atoms with Crippen molar-refractivity contribution in [3.05, 3.63) is 47.7 Å². The van der Waals surface area contributed by atoms with Crippen LogP contribution in [-0.2, 0) is 0 Å². The van der Waals surface area contributed by atoms with E-state index in [0.29, 0.717) is 0 Å². The Labute approximate surface area is 106 Å². The molecule has 4 N–H and O–H groups in total. The fraction of sp³-hybridized carbons (Fsp3) is 0. The molecule has 0 unspecified atom stereocenters. The van der Waals surface area contributed by atoms with Gasteiger partial charge in [-0.25, -0.2) is 8.78 Å². The maximum atomic E-state index is 13.0. The molecule has 0 aliphatic rings. The SMILES string of the molecule is NC(N)=NC(=O)c1ccc(-c2cc(F)cc(F)c2)o1. The van der Waals surface area contributed by atoms with E-state index in [1.165, 1.54) is 12.1 Å². The van der Waals surface area contributed by atoms with Gasteiger partial charge in [0.15, 0.2) is 11.7 Å². The topological polar surface area (TPSA) is 94.6 Å². The zero-order chi connectivity index (χ0) is 14.0. The lowest BCUT2D eigenvalue weighted by Gasteiger charge is -1.98. The number of carbonyl (C=O) groups is 1. The number of furan rings is 1. The van der Waals surface area contributed by atoms with Gasteiger partial charge in [-0.3, -0.25) is 4.79 Å². The number of rotatable bonds is 2. The molecule has 1 aromatic carbocycles. The quantitative estimate of drug-likeness (QED) is 0.637. The summed E-state index contributed by atoms with van der Waals surface area (Å²) in [5, 5.41) is 0. The molecule has 2 rings (SSSR count). The van der Waals surface area contributed by atoms with E-state index in [1.807, 2.05) is 0 Å². The molecule has 0 bridgehead atoms. The first-order valence-corrected chi connectivity index (χ1v) is 5.16. The van der Waals surface area contributed by atoms with Crippen LogP contribution < -0.4 is 11.5 Å². The second kappa shape index (κ2) is 4.89. The molecule has 0 saturated carbocycles. The van der Waals surface area contributed by atoms with Gasteiger partial charge < -0.3 is 15.9 Å². The van der Waals surface area contributed by atoms with Crippen LogP contribution in [0.2, 0.25) is 0 Å². The number of carbonyl (C=O) groups excluding carboxylic acids is 1. The Balaban J connectivity index is 2.35. The summed E-state index contributed by atoms with van der Waals surface area (Å²) in [5.41, 5.74) is 10.3. The zero-order valence-electron chi connectivity index (χ0n) is 9.56. The monoisotopic (exact) mass is 265 g/mol. The number of guanidine groups is 1. The maximum Gasteiger partial charge on any atom is 0.315 e. The first-order chi connectivity index (χ1) is 8.95. The molecule has 1 amide bonds. The molecule has 0 aliphatic carbocycles. The number of nitrogens with zero attached hydrogens (tertiary/aromatic N) is 1. The summed E-state index contributed by atoms with van der Waals surface area (Å²) in [6.45, 7) is 0. The fourth-order valence-corrected chi connectivity index (χ4v) is 1.48. The lowest BCUT2D eigenvalue weighted by Crippen LogP contribution is -2.24. The Morgan fingerprint density at radius 2 is 1.74 bits per heavy atom. The van der Waals surface area contributed by atoms with Gasteiger partial charge in [-0.15, -0.1) is 0 Å². The number of hydrogen-bond donors (Lipinski definition) is 2. The summed E-state index contributed by atoms with van der Waals surface area (Å²) in [5.74, 6) is -2.67. The van der Waals surface area contributed by atoms with Gasteiger partial charge in [0.05, 0.1) is 0 Å². The zero-order valence-corrected chi connectivity index (χ0v) is 9.56. The van der Waals surface area contributed by atoms with E-state index in [4.69, 9.17) is 15.9 Å². The van der Waals surface area contributed by atoms with Crippen LogP contribution in [-0.4, -0.2) is 11.9 Å². The van der Waals surface area contributed by atoms with Crippen molar-refractivity contribution >= 4 is 11.9 Å². The van der Waals surface area contributed by atoms with Crippen LogP contribution in [0.15, 0.2) is 39.7 Å². The van der Waals surface area contributed by atoms with Crippen LogP contribution in [0.4, 0.5) is 8.78 Å². The first-order valence-electron chi connectivity index (χ1n) is 5.16. The molecule has 0 fully saturated rings. The molecule has 0 radical (unpaired) electrons. The van der Waals surface area contributed by atoms with Crippen molar-refractivity contribution in [1.82, 2.24) is 0 Å². The number of amides is 1. The molecule has 7 heteroatoms. The third-order valence-electron chi connectivity index (χ3n) is 2.19. The summed E-state index contributed by atoms with van der Waals surface area (Å²) in [7, 11) is 0. The Morgan fingerprint density at radius 3 is 2.32 bits per heavy atom. The van der Waals surface area contributed by atoms with E-state index in [-0.39, 0.29) is 17.1 Å². The second-order valence-electron chi connectivity index (χ2n) is 3.66. The first kappa shape index (κ1) is 12.7. The molecule has 1 heterocycles. The van der Waals surface area contributed by atoms with Gasteiger partial charge in [0.2, 0.25) is 0 Å². The Kier molecular flexibility index (Phi) is 3.28. The third kappa shape index (κ3) is 2.95. The van der Waals surface area contributed by atoms with Crippen LogP contribution >= 0.6 is 0 Å². The predicted octanol–water partition coefficient (Wildman–Crippen LogP) is 1.64. The number of nitrogens with two attached hydrogens (primary N) is 2. The summed E-state index contributed by atoms with van der Waals surface area (Å²) in [6.07, 6.45) is 0. The number of hydrogen-bond acceptors (Lipinski definition) is 2. The molecule has 0 spiro atoms. The molecular formula is C12H9F2N3O2. The van der Waals surface area contributed by atoms with Crippen LogP contribution in [0.25, 0.3) is 11.3 Å². The Bertz CT molecular complexity index is 640. The standard InChI is InChI=1S/C12H9F2N3O2/c13-7-3-6(4-8(14)5-7)9-1-2-10(19-9)11(18)17-12(15)16/h1-5H,(H4,15,16,17,18). The molecular weight excluding hydrogens is 256 g/mol. The molecule has 1 aromatic heterocycles. The molecule has 0 atom stereocenters. The molecule has 0 aliphatic heterocycles. The van der Waals surface area contributed by atoms with Gasteiger partial charge in [0.25, 0.3) is 0 Å². The van der Waals surface area contributed by atoms with E-state index in [0.717, 1.165) is 18.2 Å². The van der Waals surface area contributed by atoms with E-state index in [9.17, 15) is 13.6 Å². The van der Waals surface area contributed by atoms with Crippen molar-refractivity contribution in [2.45, 2.75) is 0 Å². The summed E-state index contributed by atoms with van der Waals surface area (Å²) in [4.78, 5) is 14.7. The van der Waals surface area contributed by atoms with Gasteiger partial charge >= 0.3 is 5.91 Å². The minimum atomic E-state index is -0.775. The maximum absolute atomic E-state index is 13.0. The van der Waals surface area contributed by atoms with Crippen molar-refractivity contribution < 1.29 is 18.0 Å². The number of benzene rings is 1. The highest BCUT2D eigenvalue weighted by Gasteiger charge is 2.13. The van der Waals surface area contributed by atoms with E-state index in [1.54, 1.807) is 0 Å². The van der Waals surface area contributed by atoms with Crippen LogP contribution in [0, 0.1) is 11.6 Å². The van der Waals surface area contributed by atoms with Gasteiger partial charge in [-0.1, -0.05) is 0 Å². The van der Waals surface area contributed by atoms with Crippen LogP contribution in [0.3, 0.4) is 0 Å². The van der Waals surface area contributed by atoms with Crippen molar-refractivity contribution in [3.63, 3.8) is 0 Å². The smallest absolute Gasteiger partial charge is 0.315 e. The Hall–Kier alpha value is -2.70. The highest BCUT2D eigenvalue weighted by molar-refractivity contribution is 6.00. The van der Waals surface area contributed by atoms with Gasteiger partial charge in [0.1, 0.15) is 17.4 Å². The van der Waals surface area contributed by atoms with Gasteiger partial charge in [0, 0.05) is 11.6 Å². The minimum Gasteiger partial charge on any atom is -0.451 e. The normalized spacial score (nSPS) is 10.2. The average molecular weight is 265 g/mol. The largest absolute Gasteiger partial charge is 0.451 e. The Morgan fingerprint density at radius 1 is 1.11 bits per heavy atom. The van der Waals surface area contributed by atoms with Crippen molar-refractivity contribution in [2.24, 2.45) is 16.5 Å². The predicted molar refractivity (Wildman–Crippen MR) is 64.2 cm³/mol. The molecule has 0 saturated heterocycles. The van der Waals surface area contributed by atoms with Crippen molar-refractivity contribution in [1.29, 1.82) is 0 Å². The highest BCUT2D eigenvalue weighted by Crippen LogP contribution is 2.24. The molecule has 19 heavy (non-hydrogen) atoms. The summed E-state index contributed by atoms with van der Waals surface area (Å²) < 4.78 is 31.2. The molecule has 98 valence electrons. The summed E-state index contributed by atoms with van der Waals surface area (Å²) in [6, 6.07) is 5.60. The fourth-order valence-electron chi connectivity index (χ4n) is 1.48. The van der Waals surface area contributed by atoms with Gasteiger partial charge in [-0.05, 0) is 24.3 Å². The van der Waals surface area contributed by atoms with Crippen LogP contribution in [0.1, 0.15) is 10.6 Å². The minimum absolute atomic E-state index is 0.131. The van der Waals surface area contributed by atoms with E-state index < -0.39 is 23.5 Å². The number of aliphatic imine (C=N–C) groups is 1. The average Bonchev–Trinajstić information content (AvgIpc) is 2.75. The lowest BCUT2D eigenvalue weighted by molar-refractivity contribution is 0.0977. The van der Waals surface area contributed by atoms with E-state index >= 15 is 0 Å². The molecule has 2 aromatic rings. The summed E-state index contributed by atoms with van der Waals surface area (Å²) >= 11 is 0. The highest BCUT2D eigenvalue weighted by atomic mass is 19.1. The third-order valence-corrected chi connectivity index (χ3v) is 2.19. The number of halogens is 2. The van der Waals surface area contributed by atoms with Gasteiger partial charge in [-0.2, -0.15) is 4.99 Å². The second-order valence-corrected chi connectivity index (χ2v) is 3.66. The van der Waals surface area contributed by atoms with Crippen LogP contribution in [0.5, 0.6) is 0 Å². The van der Waals surface area contributed by atoms with Crippen molar-refractivity contribution in [2.75, 3.05) is 0 Å². The molecule has 5 nitrogen and oxygen atoms in total. The lowest BCUT2D eigenvalue weighted by atomic mass is 10.1.